The Morgan fingerprint density at radius 2 is 2.14 bits per heavy atom. The van der Waals surface area contributed by atoms with Gasteiger partial charge in [0, 0.05) is 6.54 Å². The number of hydrogen-bond donors (Lipinski definition) is 2. The van der Waals surface area contributed by atoms with Crippen molar-refractivity contribution in [2.24, 2.45) is 0 Å². The number of pyridine rings is 1. The number of nitrogens with zero attached hydrogens (tertiary/aromatic N) is 3. The zero-order valence-corrected chi connectivity index (χ0v) is 12.5. The summed E-state index contributed by atoms with van der Waals surface area (Å²) >= 11 is 0. The number of H-pyrrole nitrogens is 1. The highest BCUT2D eigenvalue weighted by molar-refractivity contribution is 5.52. The van der Waals surface area contributed by atoms with Crippen LogP contribution in [0.4, 0.5) is 5.69 Å². The lowest BCUT2D eigenvalue weighted by Crippen LogP contribution is -2.31. The zero-order valence-electron chi connectivity index (χ0n) is 12.5. The third kappa shape index (κ3) is 3.94. The average molecular weight is 303 g/mol. The van der Waals surface area contributed by atoms with Gasteiger partial charge in [0.25, 0.3) is 0 Å². The fraction of sp³-hybridized carbons (Fsp3) is 0.533. The molecule has 0 amide bonds. The van der Waals surface area contributed by atoms with Crippen molar-refractivity contribution in [1.29, 1.82) is 0 Å². The molecular formula is C15H21N5O2. The number of aromatic nitrogens is 3. The predicted octanol–water partition coefficient (Wildman–Crippen LogP) is 1.71. The SMILES string of the molecule is O=c1[nH]c(-c2ccc(NCCCN3CCCCC3)cn2)no1. The highest BCUT2D eigenvalue weighted by atomic mass is 16.5. The number of nitrogens with one attached hydrogen (secondary N) is 2. The number of aromatic amines is 1. The molecule has 2 N–H and O–H groups in total. The molecule has 1 aliphatic heterocycles. The van der Waals surface area contributed by atoms with Gasteiger partial charge in [-0.2, -0.15) is 0 Å². The summed E-state index contributed by atoms with van der Waals surface area (Å²) in [6.45, 7) is 4.56. The Kier molecular flexibility index (Phi) is 4.85. The Bertz CT molecular complexity index is 628. The molecule has 1 fully saturated rings. The molecular weight excluding hydrogens is 282 g/mol. The van der Waals surface area contributed by atoms with E-state index in [1.54, 1.807) is 12.3 Å². The summed E-state index contributed by atoms with van der Waals surface area (Å²) in [4.78, 5) is 20.2. The summed E-state index contributed by atoms with van der Waals surface area (Å²) < 4.78 is 4.46. The van der Waals surface area contributed by atoms with Gasteiger partial charge in [-0.3, -0.25) is 14.5 Å². The molecule has 118 valence electrons. The first-order valence-electron chi connectivity index (χ1n) is 7.80. The number of piperidine rings is 1. The van der Waals surface area contributed by atoms with E-state index in [4.69, 9.17) is 0 Å². The normalized spacial score (nSPS) is 15.8. The van der Waals surface area contributed by atoms with Crippen LogP contribution in [0.5, 0.6) is 0 Å². The van der Waals surface area contributed by atoms with Crippen LogP contribution in [0.2, 0.25) is 0 Å². The topological polar surface area (TPSA) is 87.0 Å². The zero-order chi connectivity index (χ0) is 15.2. The van der Waals surface area contributed by atoms with E-state index in [0.29, 0.717) is 11.5 Å². The highest BCUT2D eigenvalue weighted by Gasteiger charge is 2.09. The molecule has 0 unspecified atom stereocenters. The third-order valence-corrected chi connectivity index (χ3v) is 3.88. The quantitative estimate of drug-likeness (QED) is 0.790. The fourth-order valence-corrected chi connectivity index (χ4v) is 2.70. The number of hydrogen-bond acceptors (Lipinski definition) is 6. The Hall–Kier alpha value is -2.15. The summed E-state index contributed by atoms with van der Waals surface area (Å²) in [5, 5.41) is 6.97. The Morgan fingerprint density at radius 1 is 1.27 bits per heavy atom. The lowest BCUT2D eigenvalue weighted by Gasteiger charge is -2.26. The summed E-state index contributed by atoms with van der Waals surface area (Å²) in [5.74, 6) is -0.224. The second-order valence-electron chi connectivity index (χ2n) is 5.56. The summed E-state index contributed by atoms with van der Waals surface area (Å²) in [6.07, 6.45) is 6.91. The van der Waals surface area contributed by atoms with Gasteiger partial charge in [-0.05, 0) is 51.0 Å². The minimum absolute atomic E-state index is 0.349. The van der Waals surface area contributed by atoms with E-state index in [1.807, 2.05) is 6.07 Å². The number of likely N-dealkylation sites (tertiary alicyclic amines) is 1. The van der Waals surface area contributed by atoms with E-state index in [1.165, 1.54) is 32.4 Å². The molecule has 0 aromatic carbocycles. The van der Waals surface area contributed by atoms with Gasteiger partial charge in [-0.1, -0.05) is 11.6 Å². The molecule has 22 heavy (non-hydrogen) atoms. The van der Waals surface area contributed by atoms with Crippen molar-refractivity contribution < 1.29 is 4.52 Å². The molecule has 0 saturated carbocycles. The minimum atomic E-state index is -0.572. The number of rotatable bonds is 6. The highest BCUT2D eigenvalue weighted by Crippen LogP contribution is 2.13. The third-order valence-electron chi connectivity index (χ3n) is 3.88. The molecule has 0 bridgehead atoms. The lowest BCUT2D eigenvalue weighted by atomic mass is 10.1. The van der Waals surface area contributed by atoms with Gasteiger partial charge in [-0.15, -0.1) is 0 Å². The van der Waals surface area contributed by atoms with E-state index in [0.717, 1.165) is 25.2 Å². The smallest absolute Gasteiger partial charge is 0.384 e. The second kappa shape index (κ2) is 7.22. The summed E-state index contributed by atoms with van der Waals surface area (Å²) in [6, 6.07) is 3.73. The first kappa shape index (κ1) is 14.8. The Balaban J connectivity index is 1.44. The van der Waals surface area contributed by atoms with Gasteiger partial charge >= 0.3 is 5.76 Å². The van der Waals surface area contributed by atoms with Crippen molar-refractivity contribution in [3.63, 3.8) is 0 Å². The van der Waals surface area contributed by atoms with Crippen LogP contribution in [0.1, 0.15) is 25.7 Å². The summed E-state index contributed by atoms with van der Waals surface area (Å²) in [7, 11) is 0. The van der Waals surface area contributed by atoms with E-state index < -0.39 is 5.76 Å². The molecule has 2 aromatic heterocycles. The van der Waals surface area contributed by atoms with Crippen LogP contribution in [0.3, 0.4) is 0 Å². The molecule has 0 radical (unpaired) electrons. The van der Waals surface area contributed by atoms with Gasteiger partial charge in [0.1, 0.15) is 5.69 Å². The van der Waals surface area contributed by atoms with Gasteiger partial charge < -0.3 is 10.2 Å². The summed E-state index contributed by atoms with van der Waals surface area (Å²) in [5.41, 5.74) is 1.55. The minimum Gasteiger partial charge on any atom is -0.384 e. The molecule has 7 heteroatoms. The number of anilines is 1. The maximum Gasteiger partial charge on any atom is 0.439 e. The first-order valence-corrected chi connectivity index (χ1v) is 7.80. The molecule has 3 heterocycles. The Labute approximate surface area is 128 Å². The lowest BCUT2D eigenvalue weighted by molar-refractivity contribution is 0.228. The van der Waals surface area contributed by atoms with Crippen LogP contribution in [0.25, 0.3) is 11.5 Å². The van der Waals surface area contributed by atoms with Crippen LogP contribution in [-0.4, -0.2) is 46.2 Å². The largest absolute Gasteiger partial charge is 0.439 e. The monoisotopic (exact) mass is 303 g/mol. The Morgan fingerprint density at radius 3 is 2.82 bits per heavy atom. The first-order chi connectivity index (χ1) is 10.8. The molecule has 7 nitrogen and oxygen atoms in total. The van der Waals surface area contributed by atoms with Gasteiger partial charge in [0.15, 0.2) is 0 Å². The maximum atomic E-state index is 10.9. The molecule has 0 spiro atoms. The van der Waals surface area contributed by atoms with Gasteiger partial charge in [0.2, 0.25) is 5.82 Å². The van der Waals surface area contributed by atoms with Crippen molar-refractivity contribution in [1.82, 2.24) is 20.0 Å². The average Bonchev–Trinajstić information content (AvgIpc) is 3.00. The molecule has 1 aliphatic rings. The van der Waals surface area contributed by atoms with Crippen molar-refractivity contribution in [2.45, 2.75) is 25.7 Å². The van der Waals surface area contributed by atoms with Crippen molar-refractivity contribution in [2.75, 3.05) is 31.5 Å². The van der Waals surface area contributed by atoms with Gasteiger partial charge in [-0.25, -0.2) is 4.79 Å². The molecule has 0 aliphatic carbocycles. The fourth-order valence-electron chi connectivity index (χ4n) is 2.70. The molecule has 1 saturated heterocycles. The van der Waals surface area contributed by atoms with Crippen LogP contribution < -0.4 is 11.1 Å². The van der Waals surface area contributed by atoms with Crippen LogP contribution in [0.15, 0.2) is 27.6 Å². The second-order valence-corrected chi connectivity index (χ2v) is 5.56. The predicted molar refractivity (Wildman–Crippen MR) is 83.8 cm³/mol. The van der Waals surface area contributed by atoms with Crippen LogP contribution in [-0.2, 0) is 0 Å². The van der Waals surface area contributed by atoms with E-state index in [2.05, 4.69) is 29.9 Å². The molecule has 2 aromatic rings. The van der Waals surface area contributed by atoms with Crippen molar-refractivity contribution in [3.05, 3.63) is 28.9 Å². The molecule has 3 rings (SSSR count). The van der Waals surface area contributed by atoms with Crippen LogP contribution in [0, 0.1) is 0 Å². The van der Waals surface area contributed by atoms with E-state index in [9.17, 15) is 4.79 Å². The van der Waals surface area contributed by atoms with E-state index >= 15 is 0 Å². The van der Waals surface area contributed by atoms with Gasteiger partial charge in [0.05, 0.1) is 11.9 Å². The van der Waals surface area contributed by atoms with E-state index in [-0.39, 0.29) is 0 Å². The molecule has 0 atom stereocenters. The van der Waals surface area contributed by atoms with Crippen molar-refractivity contribution in [3.8, 4) is 11.5 Å². The standard InChI is InChI=1S/C15H21N5O2/c21-15-18-14(19-22-15)13-6-5-12(11-17-13)16-7-4-10-20-8-2-1-3-9-20/h5-6,11,16H,1-4,7-10H2,(H,18,19,21). The van der Waals surface area contributed by atoms with Crippen LogP contribution >= 0.6 is 0 Å². The maximum absolute atomic E-state index is 10.9. The van der Waals surface area contributed by atoms with Crippen molar-refractivity contribution >= 4 is 5.69 Å².